The second-order valence-corrected chi connectivity index (χ2v) is 5.49. The summed E-state index contributed by atoms with van der Waals surface area (Å²) in [7, 11) is 0. The molecule has 1 aliphatic rings. The van der Waals surface area contributed by atoms with E-state index in [1.165, 1.54) is 0 Å². The van der Waals surface area contributed by atoms with Gasteiger partial charge in [0.05, 0.1) is 10.0 Å². The van der Waals surface area contributed by atoms with E-state index in [1.807, 2.05) is 0 Å². The fourth-order valence-electron chi connectivity index (χ4n) is 2.13. The van der Waals surface area contributed by atoms with Crippen LogP contribution in [0.3, 0.4) is 0 Å². The quantitative estimate of drug-likeness (QED) is 0.897. The Morgan fingerprint density at radius 3 is 2.50 bits per heavy atom. The standard InChI is InChI=1S/C13H18Cl2N4O/c14-11-2-1-10(9-12(11)15)17-13(20)19-7-5-18(4-3-16)6-8-19/h1-2,9H,3-8,16H2,(H,17,20). The van der Waals surface area contributed by atoms with Gasteiger partial charge in [0, 0.05) is 45.0 Å². The van der Waals surface area contributed by atoms with Crippen LogP contribution >= 0.6 is 23.2 Å². The van der Waals surface area contributed by atoms with Crippen LogP contribution in [-0.2, 0) is 0 Å². The highest BCUT2D eigenvalue weighted by atomic mass is 35.5. The molecule has 0 saturated carbocycles. The number of nitrogens with zero attached hydrogens (tertiary/aromatic N) is 2. The number of amides is 2. The molecule has 0 aliphatic carbocycles. The van der Waals surface area contributed by atoms with Crippen molar-refractivity contribution in [3.8, 4) is 0 Å². The van der Waals surface area contributed by atoms with Crippen molar-refractivity contribution in [2.75, 3.05) is 44.6 Å². The summed E-state index contributed by atoms with van der Waals surface area (Å²) in [6, 6.07) is 4.93. The summed E-state index contributed by atoms with van der Waals surface area (Å²) in [5.41, 5.74) is 6.17. The predicted molar refractivity (Wildman–Crippen MR) is 82.5 cm³/mol. The van der Waals surface area contributed by atoms with Gasteiger partial charge < -0.3 is 16.0 Å². The lowest BCUT2D eigenvalue weighted by Gasteiger charge is -2.34. The van der Waals surface area contributed by atoms with Crippen LogP contribution in [0.4, 0.5) is 10.5 Å². The smallest absolute Gasteiger partial charge is 0.321 e. The second-order valence-electron chi connectivity index (χ2n) is 4.68. The fourth-order valence-corrected chi connectivity index (χ4v) is 2.43. The van der Waals surface area contributed by atoms with E-state index in [0.29, 0.717) is 35.4 Å². The third-order valence-corrected chi connectivity index (χ3v) is 4.01. The molecule has 5 nitrogen and oxygen atoms in total. The molecule has 110 valence electrons. The molecule has 1 heterocycles. The highest BCUT2D eigenvalue weighted by Crippen LogP contribution is 2.25. The molecule has 1 aromatic carbocycles. The highest BCUT2D eigenvalue weighted by Gasteiger charge is 2.20. The van der Waals surface area contributed by atoms with E-state index in [-0.39, 0.29) is 6.03 Å². The van der Waals surface area contributed by atoms with E-state index >= 15 is 0 Å². The molecule has 2 rings (SSSR count). The first kappa shape index (κ1) is 15.4. The number of hydrogen-bond acceptors (Lipinski definition) is 3. The first-order valence-corrected chi connectivity index (χ1v) is 7.29. The molecule has 0 bridgehead atoms. The van der Waals surface area contributed by atoms with Gasteiger partial charge in [-0.2, -0.15) is 0 Å². The zero-order valence-corrected chi connectivity index (χ0v) is 12.6. The lowest BCUT2D eigenvalue weighted by Crippen LogP contribution is -2.50. The maximum atomic E-state index is 12.1. The van der Waals surface area contributed by atoms with Crippen molar-refractivity contribution in [1.29, 1.82) is 0 Å². The summed E-state index contributed by atoms with van der Waals surface area (Å²) in [6.07, 6.45) is 0. The molecule has 3 N–H and O–H groups in total. The lowest BCUT2D eigenvalue weighted by atomic mass is 10.3. The zero-order chi connectivity index (χ0) is 14.5. The van der Waals surface area contributed by atoms with E-state index < -0.39 is 0 Å². The first-order chi connectivity index (χ1) is 9.60. The van der Waals surface area contributed by atoms with Crippen molar-refractivity contribution >= 4 is 34.9 Å². The molecule has 0 aromatic heterocycles. The van der Waals surface area contributed by atoms with Crippen LogP contribution in [0.2, 0.25) is 10.0 Å². The molecule has 1 saturated heterocycles. The van der Waals surface area contributed by atoms with Crippen molar-refractivity contribution in [2.45, 2.75) is 0 Å². The molecular weight excluding hydrogens is 299 g/mol. The lowest BCUT2D eigenvalue weighted by molar-refractivity contribution is 0.149. The predicted octanol–water partition coefficient (Wildman–Crippen LogP) is 2.10. The van der Waals surface area contributed by atoms with Crippen LogP contribution < -0.4 is 11.1 Å². The Balaban J connectivity index is 1.88. The minimum Gasteiger partial charge on any atom is -0.329 e. The molecule has 0 spiro atoms. The molecule has 1 aromatic rings. The molecule has 7 heteroatoms. The van der Waals surface area contributed by atoms with E-state index in [4.69, 9.17) is 28.9 Å². The average molecular weight is 317 g/mol. The van der Waals surface area contributed by atoms with Crippen LogP contribution in [0.15, 0.2) is 18.2 Å². The maximum absolute atomic E-state index is 12.1. The summed E-state index contributed by atoms with van der Waals surface area (Å²) < 4.78 is 0. The Hall–Kier alpha value is -1.01. The fraction of sp³-hybridized carbons (Fsp3) is 0.462. The van der Waals surface area contributed by atoms with Gasteiger partial charge in [0.25, 0.3) is 0 Å². The number of anilines is 1. The SMILES string of the molecule is NCCN1CCN(C(=O)Nc2ccc(Cl)c(Cl)c2)CC1. The monoisotopic (exact) mass is 316 g/mol. The molecule has 1 aliphatic heterocycles. The van der Waals surface area contributed by atoms with Crippen LogP contribution in [0, 0.1) is 0 Å². The van der Waals surface area contributed by atoms with Gasteiger partial charge in [-0.1, -0.05) is 23.2 Å². The Morgan fingerprint density at radius 2 is 1.90 bits per heavy atom. The van der Waals surface area contributed by atoms with Gasteiger partial charge >= 0.3 is 6.03 Å². The van der Waals surface area contributed by atoms with Gasteiger partial charge in [-0.15, -0.1) is 0 Å². The molecule has 0 atom stereocenters. The molecular formula is C13H18Cl2N4O. The summed E-state index contributed by atoms with van der Waals surface area (Å²) >= 11 is 11.8. The third kappa shape index (κ3) is 3.99. The molecule has 1 fully saturated rings. The van der Waals surface area contributed by atoms with Crippen molar-refractivity contribution in [3.05, 3.63) is 28.2 Å². The van der Waals surface area contributed by atoms with Crippen LogP contribution in [0.25, 0.3) is 0 Å². The zero-order valence-electron chi connectivity index (χ0n) is 11.1. The number of rotatable bonds is 3. The Bertz CT molecular complexity index is 475. The summed E-state index contributed by atoms with van der Waals surface area (Å²) in [5.74, 6) is 0. The van der Waals surface area contributed by atoms with Gasteiger partial charge in [-0.25, -0.2) is 4.79 Å². The Morgan fingerprint density at radius 1 is 1.20 bits per heavy atom. The Kier molecular flexibility index (Phi) is 5.48. The normalized spacial score (nSPS) is 16.2. The number of carbonyl (C=O) groups is 1. The number of urea groups is 1. The van der Waals surface area contributed by atoms with Crippen molar-refractivity contribution in [3.63, 3.8) is 0 Å². The topological polar surface area (TPSA) is 61.6 Å². The number of nitrogens with one attached hydrogen (secondary N) is 1. The summed E-state index contributed by atoms with van der Waals surface area (Å²) in [5, 5.41) is 3.73. The van der Waals surface area contributed by atoms with Gasteiger partial charge in [-0.3, -0.25) is 4.90 Å². The average Bonchev–Trinajstić information content (AvgIpc) is 2.44. The van der Waals surface area contributed by atoms with Crippen LogP contribution in [-0.4, -0.2) is 55.1 Å². The summed E-state index contributed by atoms with van der Waals surface area (Å²) in [6.45, 7) is 4.63. The third-order valence-electron chi connectivity index (χ3n) is 3.28. The molecule has 2 amide bonds. The van der Waals surface area contributed by atoms with Crippen LogP contribution in [0.1, 0.15) is 0 Å². The van der Waals surface area contributed by atoms with Gasteiger partial charge in [0.1, 0.15) is 0 Å². The number of hydrogen-bond donors (Lipinski definition) is 2. The largest absolute Gasteiger partial charge is 0.329 e. The highest BCUT2D eigenvalue weighted by molar-refractivity contribution is 6.42. The molecule has 0 radical (unpaired) electrons. The summed E-state index contributed by atoms with van der Waals surface area (Å²) in [4.78, 5) is 16.2. The number of carbonyl (C=O) groups excluding carboxylic acids is 1. The van der Waals surface area contributed by atoms with Crippen LogP contribution in [0.5, 0.6) is 0 Å². The van der Waals surface area contributed by atoms with Gasteiger partial charge in [-0.05, 0) is 18.2 Å². The van der Waals surface area contributed by atoms with E-state index in [0.717, 1.165) is 19.6 Å². The van der Waals surface area contributed by atoms with E-state index in [2.05, 4.69) is 10.2 Å². The van der Waals surface area contributed by atoms with Crippen molar-refractivity contribution < 1.29 is 4.79 Å². The number of halogens is 2. The minimum atomic E-state index is -0.115. The Labute approximate surface area is 128 Å². The number of nitrogens with two attached hydrogens (primary N) is 1. The maximum Gasteiger partial charge on any atom is 0.321 e. The van der Waals surface area contributed by atoms with E-state index in [9.17, 15) is 4.79 Å². The van der Waals surface area contributed by atoms with E-state index in [1.54, 1.807) is 23.1 Å². The first-order valence-electron chi connectivity index (χ1n) is 6.53. The van der Waals surface area contributed by atoms with Crippen molar-refractivity contribution in [1.82, 2.24) is 9.80 Å². The molecule has 0 unspecified atom stereocenters. The number of piperazine rings is 1. The second kappa shape index (κ2) is 7.13. The van der Waals surface area contributed by atoms with Gasteiger partial charge in [0.15, 0.2) is 0 Å². The molecule has 20 heavy (non-hydrogen) atoms. The minimum absolute atomic E-state index is 0.115. The number of benzene rings is 1. The van der Waals surface area contributed by atoms with Crippen molar-refractivity contribution in [2.24, 2.45) is 5.73 Å². The van der Waals surface area contributed by atoms with Gasteiger partial charge in [0.2, 0.25) is 0 Å².